The lowest BCUT2D eigenvalue weighted by molar-refractivity contribution is 0.656. The van der Waals surface area contributed by atoms with Gasteiger partial charge in [-0.25, -0.2) is 15.0 Å². The molecule has 0 radical (unpaired) electrons. The van der Waals surface area contributed by atoms with Crippen molar-refractivity contribution in [3.8, 4) is 22.5 Å². The number of thiazole rings is 1. The zero-order valence-electron chi connectivity index (χ0n) is 14.1. The summed E-state index contributed by atoms with van der Waals surface area (Å²) in [5.74, 6) is 0.549. The lowest BCUT2D eigenvalue weighted by atomic mass is 10.1. The van der Waals surface area contributed by atoms with Gasteiger partial charge in [0, 0.05) is 46.8 Å². The molecular formula is C17H16N8S. The second-order valence-electron chi connectivity index (χ2n) is 6.16. The lowest BCUT2D eigenvalue weighted by Gasteiger charge is -2.01. The molecule has 5 rings (SSSR count). The van der Waals surface area contributed by atoms with Gasteiger partial charge in [0.25, 0.3) is 0 Å². The van der Waals surface area contributed by atoms with Gasteiger partial charge in [-0.2, -0.15) is 10.2 Å². The average Bonchev–Trinajstić information content (AvgIpc) is 3.38. The summed E-state index contributed by atoms with van der Waals surface area (Å²) < 4.78 is 2.07. The van der Waals surface area contributed by atoms with Crippen molar-refractivity contribution in [2.45, 2.75) is 26.3 Å². The average molecular weight is 364 g/mol. The van der Waals surface area contributed by atoms with Crippen LogP contribution in [0.2, 0.25) is 0 Å². The maximum absolute atomic E-state index is 4.68. The molecule has 0 atom stereocenters. The summed E-state index contributed by atoms with van der Waals surface area (Å²) in [5.41, 5.74) is 5.99. The first-order valence-corrected chi connectivity index (χ1v) is 9.27. The van der Waals surface area contributed by atoms with E-state index in [1.807, 2.05) is 30.8 Å². The minimum Gasteiger partial charge on any atom is -0.300 e. The van der Waals surface area contributed by atoms with Gasteiger partial charge in [-0.3, -0.25) is 9.78 Å². The number of anilines is 2. The Bertz CT molecular complexity index is 1080. The summed E-state index contributed by atoms with van der Waals surface area (Å²) in [7, 11) is 0. The second-order valence-corrected chi connectivity index (χ2v) is 7.02. The third-order valence-electron chi connectivity index (χ3n) is 4.42. The zero-order chi connectivity index (χ0) is 17.5. The highest BCUT2D eigenvalue weighted by molar-refractivity contribution is 7.14. The second kappa shape index (κ2) is 6.03. The van der Waals surface area contributed by atoms with E-state index in [-0.39, 0.29) is 0 Å². The molecule has 5 heterocycles. The van der Waals surface area contributed by atoms with E-state index in [4.69, 9.17) is 0 Å². The van der Waals surface area contributed by atoms with Gasteiger partial charge in [0.1, 0.15) is 5.69 Å². The largest absolute Gasteiger partial charge is 0.300 e. The number of rotatable bonds is 4. The Labute approximate surface area is 153 Å². The van der Waals surface area contributed by atoms with Gasteiger partial charge in [0.2, 0.25) is 5.95 Å². The molecule has 0 aliphatic carbocycles. The number of fused-ring (bicyclic) bond motifs is 1. The topological polar surface area (TPSA) is 97.2 Å². The van der Waals surface area contributed by atoms with Crippen molar-refractivity contribution in [3.05, 3.63) is 41.4 Å². The lowest BCUT2D eigenvalue weighted by Crippen LogP contribution is -1.97. The first-order chi connectivity index (χ1) is 12.8. The van der Waals surface area contributed by atoms with Crippen LogP contribution in [0, 0.1) is 6.92 Å². The molecule has 0 fully saturated rings. The molecule has 0 amide bonds. The Morgan fingerprint density at radius 1 is 1.27 bits per heavy atom. The summed E-state index contributed by atoms with van der Waals surface area (Å²) in [6.07, 6.45) is 7.69. The van der Waals surface area contributed by atoms with E-state index in [1.54, 1.807) is 6.20 Å². The van der Waals surface area contributed by atoms with Crippen molar-refractivity contribution in [1.82, 2.24) is 34.9 Å². The SMILES string of the molecule is Cc1ccnc(Nc2nc(-c3c[nH]nc3-c3cnn4c3CCC4)cs2)n1. The van der Waals surface area contributed by atoms with Crippen LogP contribution in [0.5, 0.6) is 0 Å². The van der Waals surface area contributed by atoms with Gasteiger partial charge in [-0.05, 0) is 25.8 Å². The normalized spacial score (nSPS) is 13.1. The number of hydrogen-bond acceptors (Lipinski definition) is 7. The summed E-state index contributed by atoms with van der Waals surface area (Å²) in [6.45, 7) is 2.92. The van der Waals surface area contributed by atoms with Crippen LogP contribution in [0.1, 0.15) is 17.8 Å². The molecular weight excluding hydrogens is 348 g/mol. The fraction of sp³-hybridized carbons (Fsp3) is 0.235. The van der Waals surface area contributed by atoms with Crippen molar-refractivity contribution in [1.29, 1.82) is 0 Å². The molecule has 1 aliphatic rings. The maximum atomic E-state index is 4.68. The molecule has 0 unspecified atom stereocenters. The van der Waals surface area contributed by atoms with Crippen LogP contribution in [0.15, 0.2) is 30.0 Å². The summed E-state index contributed by atoms with van der Waals surface area (Å²) in [4.78, 5) is 13.3. The van der Waals surface area contributed by atoms with E-state index in [9.17, 15) is 0 Å². The first-order valence-electron chi connectivity index (χ1n) is 8.39. The fourth-order valence-electron chi connectivity index (χ4n) is 3.21. The summed E-state index contributed by atoms with van der Waals surface area (Å²) in [6, 6.07) is 1.86. The molecule has 8 nitrogen and oxygen atoms in total. The van der Waals surface area contributed by atoms with Crippen LogP contribution >= 0.6 is 11.3 Å². The predicted octanol–water partition coefficient (Wildman–Crippen LogP) is 3.18. The number of aromatic amines is 1. The van der Waals surface area contributed by atoms with Crippen LogP contribution in [0.25, 0.3) is 22.5 Å². The van der Waals surface area contributed by atoms with Crippen molar-refractivity contribution in [2.24, 2.45) is 0 Å². The highest BCUT2D eigenvalue weighted by atomic mass is 32.1. The smallest absolute Gasteiger partial charge is 0.229 e. The molecule has 0 saturated carbocycles. The third-order valence-corrected chi connectivity index (χ3v) is 5.18. The molecule has 0 spiro atoms. The van der Waals surface area contributed by atoms with E-state index >= 15 is 0 Å². The van der Waals surface area contributed by atoms with Crippen LogP contribution in [0.4, 0.5) is 11.1 Å². The minimum atomic E-state index is 0.549. The van der Waals surface area contributed by atoms with Crippen molar-refractivity contribution < 1.29 is 0 Å². The molecule has 9 heteroatoms. The molecule has 26 heavy (non-hydrogen) atoms. The number of H-pyrrole nitrogens is 1. The minimum absolute atomic E-state index is 0.549. The fourth-order valence-corrected chi connectivity index (χ4v) is 3.92. The van der Waals surface area contributed by atoms with E-state index in [0.717, 1.165) is 52.7 Å². The van der Waals surface area contributed by atoms with Crippen molar-refractivity contribution in [2.75, 3.05) is 5.32 Å². The van der Waals surface area contributed by atoms with Crippen molar-refractivity contribution in [3.63, 3.8) is 0 Å². The number of aromatic nitrogens is 7. The molecule has 4 aromatic heterocycles. The monoisotopic (exact) mass is 364 g/mol. The van der Waals surface area contributed by atoms with Crippen LogP contribution in [-0.4, -0.2) is 34.9 Å². The van der Waals surface area contributed by atoms with Crippen molar-refractivity contribution >= 4 is 22.4 Å². The molecule has 1 aliphatic heterocycles. The highest BCUT2D eigenvalue weighted by Crippen LogP contribution is 2.35. The van der Waals surface area contributed by atoms with E-state index < -0.39 is 0 Å². The quantitative estimate of drug-likeness (QED) is 0.577. The van der Waals surface area contributed by atoms with Crippen LogP contribution in [0.3, 0.4) is 0 Å². The molecule has 0 saturated heterocycles. The first kappa shape index (κ1) is 15.2. The molecule has 2 N–H and O–H groups in total. The van der Waals surface area contributed by atoms with E-state index in [2.05, 4.69) is 40.2 Å². The summed E-state index contributed by atoms with van der Waals surface area (Å²) in [5, 5.41) is 17.8. The molecule has 0 aromatic carbocycles. The van der Waals surface area contributed by atoms with Gasteiger partial charge in [-0.15, -0.1) is 11.3 Å². The van der Waals surface area contributed by atoms with Crippen LogP contribution in [-0.2, 0) is 13.0 Å². The number of nitrogens with zero attached hydrogens (tertiary/aromatic N) is 6. The van der Waals surface area contributed by atoms with Crippen LogP contribution < -0.4 is 5.32 Å². The Kier molecular flexibility index (Phi) is 3.52. The highest BCUT2D eigenvalue weighted by Gasteiger charge is 2.22. The maximum Gasteiger partial charge on any atom is 0.229 e. The van der Waals surface area contributed by atoms with E-state index in [1.165, 1.54) is 17.0 Å². The molecule has 4 aromatic rings. The summed E-state index contributed by atoms with van der Waals surface area (Å²) >= 11 is 1.52. The van der Waals surface area contributed by atoms with Gasteiger partial charge in [0.15, 0.2) is 5.13 Å². The number of aryl methyl sites for hydroxylation is 2. The van der Waals surface area contributed by atoms with Gasteiger partial charge in [-0.1, -0.05) is 0 Å². The van der Waals surface area contributed by atoms with Gasteiger partial charge in [0.05, 0.1) is 11.9 Å². The molecule has 130 valence electrons. The third kappa shape index (κ3) is 2.57. The van der Waals surface area contributed by atoms with E-state index in [0.29, 0.717) is 5.95 Å². The Balaban J connectivity index is 1.47. The standard InChI is InChI=1S/C17H16N8S/c1-10-4-5-18-16(21-10)23-17-22-13(9-26-17)11-7-19-24-15(11)12-8-20-25-6-2-3-14(12)25/h4-5,7-9H,2-3,6H2,1H3,(H,19,24)(H,18,21,22,23). The Morgan fingerprint density at radius 2 is 2.23 bits per heavy atom. The Hall–Kier alpha value is -3.07. The van der Waals surface area contributed by atoms with Gasteiger partial charge >= 0.3 is 0 Å². The zero-order valence-corrected chi connectivity index (χ0v) is 14.9. The predicted molar refractivity (Wildman–Crippen MR) is 99.3 cm³/mol. The number of hydrogen-bond donors (Lipinski definition) is 2. The number of nitrogens with one attached hydrogen (secondary N) is 2. The van der Waals surface area contributed by atoms with Gasteiger partial charge < -0.3 is 5.32 Å². The molecule has 0 bridgehead atoms. The Morgan fingerprint density at radius 3 is 3.15 bits per heavy atom.